The zero-order valence-corrected chi connectivity index (χ0v) is 13.1. The predicted octanol–water partition coefficient (Wildman–Crippen LogP) is 1.80. The molecule has 2 aromatic rings. The van der Waals surface area contributed by atoms with Crippen molar-refractivity contribution in [3.8, 4) is 0 Å². The Labute approximate surface area is 136 Å². The maximum Gasteiger partial charge on any atom is 0.251 e. The van der Waals surface area contributed by atoms with Crippen LogP contribution in [0, 0.1) is 5.82 Å². The Balaban J connectivity index is 1.47. The summed E-state index contributed by atoms with van der Waals surface area (Å²) in [7, 11) is 0. The van der Waals surface area contributed by atoms with Crippen LogP contribution < -0.4 is 10.2 Å². The fraction of sp³-hybridized carbons (Fsp3) is 0.316. The number of carbonyl (C=O) groups excluding carboxylic acids is 1. The number of rotatable bonds is 4. The largest absolute Gasteiger partial charge is 0.349 e. The van der Waals surface area contributed by atoms with Gasteiger partial charge in [-0.05, 0) is 24.3 Å². The molecule has 0 bridgehead atoms. The maximum absolute atomic E-state index is 12.9. The molecular formula is C19H22FN2O+. The van der Waals surface area contributed by atoms with Crippen molar-refractivity contribution in [1.29, 1.82) is 0 Å². The molecule has 23 heavy (non-hydrogen) atoms. The third kappa shape index (κ3) is 4.39. The molecule has 0 radical (unpaired) electrons. The molecular weight excluding hydrogens is 291 g/mol. The van der Waals surface area contributed by atoms with E-state index in [1.165, 1.54) is 29.8 Å². The van der Waals surface area contributed by atoms with E-state index in [1.807, 2.05) is 6.07 Å². The lowest BCUT2D eigenvalue weighted by Gasteiger charge is -2.29. The topological polar surface area (TPSA) is 33.5 Å². The number of piperidine rings is 1. The fourth-order valence-corrected chi connectivity index (χ4v) is 3.10. The standard InChI is InChI=1S/C19H21FN2O/c20-17-8-6-16(7-9-17)19(23)21-18-10-12-22(13-11-18)14-15-4-2-1-3-5-15/h1-9,18H,10-14H2,(H,21,23)/p+1. The van der Waals surface area contributed by atoms with Crippen LogP contribution in [0.25, 0.3) is 0 Å². The molecule has 1 heterocycles. The normalized spacial score (nSPS) is 20.9. The lowest BCUT2D eigenvalue weighted by atomic mass is 10.0. The zero-order chi connectivity index (χ0) is 16.1. The van der Waals surface area contributed by atoms with Crippen LogP contribution in [0.4, 0.5) is 4.39 Å². The van der Waals surface area contributed by atoms with Crippen LogP contribution in [0.15, 0.2) is 54.6 Å². The zero-order valence-electron chi connectivity index (χ0n) is 13.1. The minimum absolute atomic E-state index is 0.110. The molecule has 0 saturated carbocycles. The summed E-state index contributed by atoms with van der Waals surface area (Å²) in [6.07, 6.45) is 1.96. The number of carbonyl (C=O) groups is 1. The van der Waals surface area contributed by atoms with Gasteiger partial charge in [-0.15, -0.1) is 0 Å². The third-order valence-electron chi connectivity index (χ3n) is 4.43. The first-order valence-electron chi connectivity index (χ1n) is 8.14. The molecule has 2 N–H and O–H groups in total. The summed E-state index contributed by atoms with van der Waals surface area (Å²) in [5.74, 6) is -0.430. The first-order chi connectivity index (χ1) is 11.2. The highest BCUT2D eigenvalue weighted by molar-refractivity contribution is 5.94. The number of amides is 1. The quantitative estimate of drug-likeness (QED) is 0.887. The number of hydrogen-bond donors (Lipinski definition) is 2. The van der Waals surface area contributed by atoms with Gasteiger partial charge in [0.1, 0.15) is 12.4 Å². The van der Waals surface area contributed by atoms with Gasteiger partial charge >= 0.3 is 0 Å². The first kappa shape index (κ1) is 15.7. The van der Waals surface area contributed by atoms with Gasteiger partial charge in [-0.3, -0.25) is 4.79 Å². The smallest absolute Gasteiger partial charge is 0.251 e. The number of hydrogen-bond acceptors (Lipinski definition) is 1. The van der Waals surface area contributed by atoms with Crippen LogP contribution in [0.3, 0.4) is 0 Å². The van der Waals surface area contributed by atoms with Crippen molar-refractivity contribution in [3.63, 3.8) is 0 Å². The molecule has 1 fully saturated rings. The molecule has 3 nitrogen and oxygen atoms in total. The second-order valence-electron chi connectivity index (χ2n) is 6.17. The van der Waals surface area contributed by atoms with E-state index in [2.05, 4.69) is 29.6 Å². The van der Waals surface area contributed by atoms with E-state index in [0.717, 1.165) is 32.5 Å². The van der Waals surface area contributed by atoms with Crippen LogP contribution in [-0.2, 0) is 6.54 Å². The number of likely N-dealkylation sites (tertiary alicyclic amines) is 1. The van der Waals surface area contributed by atoms with Crippen molar-refractivity contribution in [3.05, 3.63) is 71.5 Å². The summed E-state index contributed by atoms with van der Waals surface area (Å²) >= 11 is 0. The van der Waals surface area contributed by atoms with E-state index in [4.69, 9.17) is 0 Å². The van der Waals surface area contributed by atoms with Crippen molar-refractivity contribution in [2.24, 2.45) is 0 Å². The van der Waals surface area contributed by atoms with Crippen molar-refractivity contribution in [1.82, 2.24) is 5.32 Å². The van der Waals surface area contributed by atoms with Gasteiger partial charge in [0.15, 0.2) is 0 Å². The summed E-state index contributed by atoms with van der Waals surface area (Å²) in [5.41, 5.74) is 1.88. The van der Waals surface area contributed by atoms with Gasteiger partial charge in [-0.1, -0.05) is 30.3 Å². The van der Waals surface area contributed by atoms with Gasteiger partial charge < -0.3 is 10.2 Å². The minimum atomic E-state index is -0.320. The lowest BCUT2D eigenvalue weighted by molar-refractivity contribution is -0.918. The van der Waals surface area contributed by atoms with Crippen molar-refractivity contribution in [2.75, 3.05) is 13.1 Å². The van der Waals surface area contributed by atoms with Gasteiger partial charge in [0.25, 0.3) is 5.91 Å². The Morgan fingerprint density at radius 1 is 1.04 bits per heavy atom. The summed E-state index contributed by atoms with van der Waals surface area (Å²) in [6.45, 7) is 3.16. The van der Waals surface area contributed by atoms with Gasteiger partial charge in [0.2, 0.25) is 0 Å². The molecule has 3 rings (SSSR count). The molecule has 1 aliphatic rings. The molecule has 1 amide bonds. The van der Waals surface area contributed by atoms with Gasteiger partial charge in [0.05, 0.1) is 13.1 Å². The van der Waals surface area contributed by atoms with Crippen LogP contribution in [0.5, 0.6) is 0 Å². The lowest BCUT2D eigenvalue weighted by Crippen LogP contribution is -3.12. The molecule has 0 aromatic heterocycles. The van der Waals surface area contributed by atoms with Crippen LogP contribution in [0.1, 0.15) is 28.8 Å². The predicted molar refractivity (Wildman–Crippen MR) is 87.7 cm³/mol. The highest BCUT2D eigenvalue weighted by Gasteiger charge is 2.23. The SMILES string of the molecule is O=C(NC1CC[NH+](Cc2ccccc2)CC1)c1ccc(F)cc1. The maximum atomic E-state index is 12.9. The van der Waals surface area contributed by atoms with Crippen molar-refractivity contribution in [2.45, 2.75) is 25.4 Å². The Kier molecular flexibility index (Phi) is 5.03. The molecule has 2 aromatic carbocycles. The van der Waals surface area contributed by atoms with E-state index in [-0.39, 0.29) is 17.8 Å². The first-order valence-corrected chi connectivity index (χ1v) is 8.14. The minimum Gasteiger partial charge on any atom is -0.349 e. The van der Waals surface area contributed by atoms with Gasteiger partial charge in [0, 0.05) is 30.0 Å². The highest BCUT2D eigenvalue weighted by atomic mass is 19.1. The molecule has 0 aliphatic carbocycles. The molecule has 120 valence electrons. The highest BCUT2D eigenvalue weighted by Crippen LogP contribution is 2.06. The fourth-order valence-electron chi connectivity index (χ4n) is 3.10. The van der Waals surface area contributed by atoms with E-state index in [0.29, 0.717) is 5.56 Å². The molecule has 0 atom stereocenters. The third-order valence-corrected chi connectivity index (χ3v) is 4.43. The Morgan fingerprint density at radius 3 is 2.35 bits per heavy atom. The van der Waals surface area contributed by atoms with Crippen molar-refractivity contribution >= 4 is 5.91 Å². The summed E-state index contributed by atoms with van der Waals surface area (Å²) in [6, 6.07) is 16.4. The Hall–Kier alpha value is -2.20. The van der Waals surface area contributed by atoms with Gasteiger partial charge in [-0.2, -0.15) is 0 Å². The molecule has 0 spiro atoms. The Bertz CT molecular complexity index is 634. The van der Waals surface area contributed by atoms with Crippen LogP contribution >= 0.6 is 0 Å². The second kappa shape index (κ2) is 7.38. The number of halogens is 1. The molecule has 1 saturated heterocycles. The van der Waals surface area contributed by atoms with E-state index >= 15 is 0 Å². The second-order valence-corrected chi connectivity index (χ2v) is 6.17. The van der Waals surface area contributed by atoms with Gasteiger partial charge in [-0.25, -0.2) is 4.39 Å². The summed E-state index contributed by atoms with van der Waals surface area (Å²) in [4.78, 5) is 13.7. The van der Waals surface area contributed by atoms with E-state index in [1.54, 1.807) is 4.90 Å². The van der Waals surface area contributed by atoms with Crippen LogP contribution in [-0.4, -0.2) is 25.0 Å². The van der Waals surface area contributed by atoms with E-state index in [9.17, 15) is 9.18 Å². The number of quaternary nitrogens is 1. The Morgan fingerprint density at radius 2 is 1.70 bits per heavy atom. The molecule has 4 heteroatoms. The van der Waals surface area contributed by atoms with E-state index < -0.39 is 0 Å². The number of benzene rings is 2. The molecule has 0 unspecified atom stereocenters. The summed E-state index contributed by atoms with van der Waals surface area (Å²) < 4.78 is 12.9. The average molecular weight is 313 g/mol. The molecule has 1 aliphatic heterocycles. The van der Waals surface area contributed by atoms with Crippen LogP contribution in [0.2, 0.25) is 0 Å². The average Bonchev–Trinajstić information content (AvgIpc) is 2.58. The monoisotopic (exact) mass is 313 g/mol. The number of nitrogens with one attached hydrogen (secondary N) is 2. The summed E-state index contributed by atoms with van der Waals surface area (Å²) in [5, 5.41) is 3.06. The van der Waals surface area contributed by atoms with Crippen molar-refractivity contribution < 1.29 is 14.1 Å².